The van der Waals surface area contributed by atoms with E-state index in [1.807, 2.05) is 11.8 Å². The Kier molecular flexibility index (Phi) is 6.17. The van der Waals surface area contributed by atoms with Gasteiger partial charge in [-0.1, -0.05) is 87.7 Å². The Bertz CT molecular complexity index is 831. The van der Waals surface area contributed by atoms with Gasteiger partial charge in [-0.3, -0.25) is 0 Å². The van der Waals surface area contributed by atoms with Gasteiger partial charge in [0.1, 0.15) is 0 Å². The molecule has 0 saturated carbocycles. The first kappa shape index (κ1) is 18.0. The molecule has 0 nitrogen and oxygen atoms in total. The summed E-state index contributed by atoms with van der Waals surface area (Å²) in [6, 6.07) is 26.0. The Morgan fingerprint density at radius 3 is 1.92 bits per heavy atom. The molecule has 0 aliphatic carbocycles. The van der Waals surface area contributed by atoms with E-state index in [1.54, 1.807) is 0 Å². The molecule has 3 rings (SSSR count). The molecule has 0 aliphatic rings. The maximum Gasteiger partial charge on any atom is 0.0527 e. The van der Waals surface area contributed by atoms with E-state index in [2.05, 4.69) is 115 Å². The van der Waals surface area contributed by atoms with Crippen molar-refractivity contribution in [1.82, 2.24) is 0 Å². The molecular formula is C23H21BrS. The highest BCUT2D eigenvalue weighted by Gasteiger charge is 2.10. The van der Waals surface area contributed by atoms with Gasteiger partial charge in [-0.25, -0.2) is 0 Å². The lowest BCUT2D eigenvalue weighted by molar-refractivity contribution is 1.22. The van der Waals surface area contributed by atoms with Gasteiger partial charge in [-0.05, 0) is 49.2 Å². The van der Waals surface area contributed by atoms with Crippen molar-refractivity contribution in [3.8, 4) is 0 Å². The molecule has 0 heterocycles. The molecule has 25 heavy (non-hydrogen) atoms. The van der Waals surface area contributed by atoms with E-state index in [-0.39, 0.29) is 5.25 Å². The van der Waals surface area contributed by atoms with Crippen LogP contribution < -0.4 is 0 Å². The summed E-state index contributed by atoms with van der Waals surface area (Å²) in [5, 5.41) is 0.275. The lowest BCUT2D eigenvalue weighted by atomic mass is 10.1. The predicted molar refractivity (Wildman–Crippen MR) is 114 cm³/mol. The van der Waals surface area contributed by atoms with Crippen molar-refractivity contribution in [3.63, 3.8) is 0 Å². The van der Waals surface area contributed by atoms with Crippen LogP contribution in [0.5, 0.6) is 0 Å². The average molecular weight is 409 g/mol. The van der Waals surface area contributed by atoms with Gasteiger partial charge >= 0.3 is 0 Å². The molecule has 0 bridgehead atoms. The van der Waals surface area contributed by atoms with Crippen molar-refractivity contribution in [2.24, 2.45) is 0 Å². The number of hydrogen-bond acceptors (Lipinski definition) is 1. The van der Waals surface area contributed by atoms with Crippen molar-refractivity contribution in [3.05, 3.63) is 106 Å². The van der Waals surface area contributed by atoms with Gasteiger partial charge in [0, 0.05) is 9.37 Å². The molecule has 3 aromatic rings. The molecule has 1 atom stereocenters. The summed E-state index contributed by atoms with van der Waals surface area (Å²) in [5.74, 6) is 0. The van der Waals surface area contributed by atoms with Crippen LogP contribution in [-0.4, -0.2) is 0 Å². The third-order valence-electron chi connectivity index (χ3n) is 4.02. The molecule has 1 unspecified atom stereocenters. The van der Waals surface area contributed by atoms with Gasteiger partial charge in [0.15, 0.2) is 0 Å². The Labute approximate surface area is 163 Å². The zero-order valence-electron chi connectivity index (χ0n) is 14.4. The van der Waals surface area contributed by atoms with E-state index in [9.17, 15) is 0 Å². The number of thioether (sulfide) groups is 1. The fourth-order valence-electron chi connectivity index (χ4n) is 2.51. The van der Waals surface area contributed by atoms with E-state index in [1.165, 1.54) is 27.1 Å². The van der Waals surface area contributed by atoms with E-state index < -0.39 is 0 Å². The fourth-order valence-corrected chi connectivity index (χ4v) is 3.81. The van der Waals surface area contributed by atoms with Crippen LogP contribution in [0.2, 0.25) is 0 Å². The number of rotatable bonds is 5. The molecular weight excluding hydrogens is 388 g/mol. The van der Waals surface area contributed by atoms with Gasteiger partial charge in [0.25, 0.3) is 0 Å². The third kappa shape index (κ3) is 5.35. The number of benzene rings is 3. The van der Waals surface area contributed by atoms with Gasteiger partial charge in [-0.2, -0.15) is 0 Å². The molecule has 3 aromatic carbocycles. The molecule has 0 spiro atoms. The van der Waals surface area contributed by atoms with Gasteiger partial charge < -0.3 is 0 Å². The Morgan fingerprint density at radius 1 is 0.760 bits per heavy atom. The number of aryl methyl sites for hydroxylation is 2. The van der Waals surface area contributed by atoms with Gasteiger partial charge in [0.2, 0.25) is 0 Å². The molecule has 0 fully saturated rings. The van der Waals surface area contributed by atoms with Gasteiger partial charge in [-0.15, -0.1) is 11.8 Å². The Hall–Kier alpha value is -1.77. The second-order valence-corrected chi connectivity index (χ2v) is 8.30. The van der Waals surface area contributed by atoms with E-state index in [0.717, 1.165) is 4.47 Å². The van der Waals surface area contributed by atoms with Crippen LogP contribution in [-0.2, 0) is 0 Å². The van der Waals surface area contributed by atoms with Crippen LogP contribution in [0.15, 0.2) is 88.2 Å². The van der Waals surface area contributed by atoms with Crippen molar-refractivity contribution < 1.29 is 0 Å². The minimum absolute atomic E-state index is 0.275. The zero-order chi connectivity index (χ0) is 17.6. The second-order valence-electron chi connectivity index (χ2n) is 6.17. The summed E-state index contributed by atoms with van der Waals surface area (Å²) < 4.78 is 1.11. The smallest absolute Gasteiger partial charge is 0.0527 e. The van der Waals surface area contributed by atoms with Crippen molar-refractivity contribution in [2.45, 2.75) is 24.0 Å². The van der Waals surface area contributed by atoms with Crippen molar-refractivity contribution >= 4 is 33.8 Å². The normalized spacial score (nSPS) is 12.4. The molecule has 126 valence electrons. The summed E-state index contributed by atoms with van der Waals surface area (Å²) in [7, 11) is 0. The standard InChI is InChI=1S/C23H21BrS/c1-17-3-7-19(8-4-17)9-16-23(20-10-12-21(24)13-11-20)25-22-14-5-18(2)6-15-22/h3-16,23H,1-2H3/b16-9+. The van der Waals surface area contributed by atoms with Crippen LogP contribution in [0.4, 0.5) is 0 Å². The first-order chi connectivity index (χ1) is 12.1. The van der Waals surface area contributed by atoms with Crippen LogP contribution >= 0.6 is 27.7 Å². The summed E-state index contributed by atoms with van der Waals surface area (Å²) >= 11 is 5.40. The molecule has 0 amide bonds. The molecule has 2 heteroatoms. The lowest BCUT2D eigenvalue weighted by Crippen LogP contribution is -1.90. The predicted octanol–water partition coefficient (Wildman–Crippen LogP) is 7.61. The quantitative estimate of drug-likeness (QED) is 0.391. The molecule has 0 aromatic heterocycles. The monoisotopic (exact) mass is 408 g/mol. The Balaban J connectivity index is 1.86. The maximum atomic E-state index is 3.53. The number of halogens is 1. The largest absolute Gasteiger partial charge is 0.114 e. The molecule has 0 radical (unpaired) electrons. The SMILES string of the molecule is Cc1ccc(/C=C/C(Sc2ccc(C)cc2)c2ccc(Br)cc2)cc1. The van der Waals surface area contributed by atoms with E-state index in [0.29, 0.717) is 0 Å². The topological polar surface area (TPSA) is 0 Å². The minimum Gasteiger partial charge on any atom is -0.114 e. The third-order valence-corrected chi connectivity index (χ3v) is 5.78. The Morgan fingerprint density at radius 2 is 1.32 bits per heavy atom. The average Bonchev–Trinajstić information content (AvgIpc) is 2.62. The summed E-state index contributed by atoms with van der Waals surface area (Å²) in [6.07, 6.45) is 4.51. The highest BCUT2D eigenvalue weighted by atomic mass is 79.9. The highest BCUT2D eigenvalue weighted by Crippen LogP contribution is 2.37. The molecule has 0 N–H and O–H groups in total. The van der Waals surface area contributed by atoms with E-state index in [4.69, 9.17) is 0 Å². The van der Waals surface area contributed by atoms with Crippen molar-refractivity contribution in [1.29, 1.82) is 0 Å². The van der Waals surface area contributed by atoms with Crippen LogP contribution in [0, 0.1) is 13.8 Å². The van der Waals surface area contributed by atoms with Crippen LogP contribution in [0.25, 0.3) is 6.08 Å². The molecule has 0 aliphatic heterocycles. The van der Waals surface area contributed by atoms with E-state index >= 15 is 0 Å². The summed E-state index contributed by atoms with van der Waals surface area (Å²) in [4.78, 5) is 1.28. The van der Waals surface area contributed by atoms with Gasteiger partial charge in [0.05, 0.1) is 5.25 Å². The van der Waals surface area contributed by atoms with Crippen LogP contribution in [0.3, 0.4) is 0 Å². The second kappa shape index (κ2) is 8.55. The molecule has 0 saturated heterocycles. The van der Waals surface area contributed by atoms with Crippen molar-refractivity contribution in [2.75, 3.05) is 0 Å². The summed E-state index contributed by atoms with van der Waals surface area (Å²) in [5.41, 5.74) is 5.12. The fraction of sp³-hybridized carbons (Fsp3) is 0.130. The zero-order valence-corrected chi connectivity index (χ0v) is 16.8. The number of hydrogen-bond donors (Lipinski definition) is 0. The summed E-state index contributed by atoms with van der Waals surface area (Å²) in [6.45, 7) is 4.24. The first-order valence-corrected chi connectivity index (χ1v) is 10.0. The first-order valence-electron chi connectivity index (χ1n) is 8.34. The maximum absolute atomic E-state index is 3.53. The minimum atomic E-state index is 0.275. The van der Waals surface area contributed by atoms with Crippen LogP contribution in [0.1, 0.15) is 27.5 Å². The lowest BCUT2D eigenvalue weighted by Gasteiger charge is -2.14. The highest BCUT2D eigenvalue weighted by molar-refractivity contribution is 9.10.